The third-order valence-corrected chi connectivity index (χ3v) is 5.96. The summed E-state index contributed by atoms with van der Waals surface area (Å²) in [5.74, 6) is -1.68. The monoisotopic (exact) mass is 573 g/mol. The molecular formula is C31H41F2N3O5. The van der Waals surface area contributed by atoms with Crippen LogP contribution in [-0.4, -0.2) is 35.8 Å². The van der Waals surface area contributed by atoms with Gasteiger partial charge in [0.2, 0.25) is 5.91 Å². The number of imide groups is 1. The van der Waals surface area contributed by atoms with Crippen LogP contribution in [-0.2, 0) is 27.2 Å². The lowest BCUT2D eigenvalue weighted by atomic mass is 9.92. The fraction of sp³-hybridized carbons (Fsp3) is 0.516. The van der Waals surface area contributed by atoms with Crippen LogP contribution in [0.2, 0.25) is 0 Å². The lowest BCUT2D eigenvalue weighted by Crippen LogP contribution is -2.45. The number of nitrogens with zero attached hydrogens (tertiary/aromatic N) is 2. The molecule has 0 fully saturated rings. The predicted molar refractivity (Wildman–Crippen MR) is 155 cm³/mol. The maximum atomic E-state index is 16.7. The number of rotatable bonds is 4. The van der Waals surface area contributed by atoms with Gasteiger partial charge in [0.05, 0.1) is 11.4 Å². The SMILES string of the molecule is CC(C)(C)CC(=O)Nc1ccc(N2CCc3cc(F)ccc3C2)c(F)c1N(C(=O)OC(C)(C)C)C(=O)OC(C)(C)C. The number of hydrogen-bond acceptors (Lipinski definition) is 6. The van der Waals surface area contributed by atoms with E-state index in [1.807, 2.05) is 20.8 Å². The molecule has 0 unspecified atom stereocenters. The number of benzene rings is 2. The second-order valence-electron chi connectivity index (χ2n) is 13.5. The molecule has 10 heteroatoms. The van der Waals surface area contributed by atoms with Crippen LogP contribution in [0.15, 0.2) is 30.3 Å². The van der Waals surface area contributed by atoms with E-state index < -0.39 is 40.8 Å². The Morgan fingerprint density at radius 3 is 2.00 bits per heavy atom. The number of anilines is 3. The Balaban J connectivity index is 2.17. The molecule has 1 aliphatic heterocycles. The summed E-state index contributed by atoms with van der Waals surface area (Å²) in [6, 6.07) is 7.42. The van der Waals surface area contributed by atoms with Crippen LogP contribution in [0.5, 0.6) is 0 Å². The molecule has 0 saturated carbocycles. The molecule has 8 nitrogen and oxygen atoms in total. The minimum absolute atomic E-state index is 0.0864. The molecule has 2 aromatic carbocycles. The Kier molecular flexibility index (Phi) is 9.05. The molecule has 1 aliphatic rings. The second-order valence-corrected chi connectivity index (χ2v) is 13.5. The second kappa shape index (κ2) is 11.7. The topological polar surface area (TPSA) is 88.2 Å². The summed E-state index contributed by atoms with van der Waals surface area (Å²) in [4.78, 5) is 42.1. The van der Waals surface area contributed by atoms with Crippen LogP contribution < -0.4 is 15.1 Å². The summed E-state index contributed by atoms with van der Waals surface area (Å²) in [5.41, 5.74) is -1.23. The highest BCUT2D eigenvalue weighted by Crippen LogP contribution is 2.39. The standard InChI is InChI=1S/C31H41F2N3O5/c1-29(2,3)17-24(37)34-22-12-13-23(35-15-14-19-16-21(32)11-10-20(19)18-35)25(33)26(22)36(27(38)40-30(4,5)6)28(39)41-31(7,8)9/h10-13,16H,14-15,17-18H2,1-9H3,(H,34,37). The van der Waals surface area contributed by atoms with Gasteiger partial charge in [0, 0.05) is 19.5 Å². The first-order valence-corrected chi connectivity index (χ1v) is 13.6. The van der Waals surface area contributed by atoms with Crippen LogP contribution in [0.4, 0.5) is 35.4 Å². The molecule has 0 radical (unpaired) electrons. The van der Waals surface area contributed by atoms with E-state index in [4.69, 9.17) is 9.47 Å². The van der Waals surface area contributed by atoms with E-state index in [0.29, 0.717) is 17.9 Å². The molecule has 2 aromatic rings. The van der Waals surface area contributed by atoms with E-state index in [0.717, 1.165) is 11.1 Å². The summed E-state index contributed by atoms with van der Waals surface area (Å²) in [5, 5.41) is 2.68. The van der Waals surface area contributed by atoms with Gasteiger partial charge in [-0.15, -0.1) is 0 Å². The van der Waals surface area contributed by atoms with Crippen molar-refractivity contribution in [1.29, 1.82) is 0 Å². The lowest BCUT2D eigenvalue weighted by Gasteiger charge is -2.33. The Morgan fingerprint density at radius 1 is 0.878 bits per heavy atom. The van der Waals surface area contributed by atoms with Gasteiger partial charge in [0.1, 0.15) is 22.7 Å². The predicted octanol–water partition coefficient (Wildman–Crippen LogP) is 7.58. The molecule has 0 saturated heterocycles. The molecule has 224 valence electrons. The van der Waals surface area contributed by atoms with Crippen molar-refractivity contribution in [2.45, 2.75) is 92.9 Å². The van der Waals surface area contributed by atoms with E-state index >= 15 is 4.39 Å². The van der Waals surface area contributed by atoms with Gasteiger partial charge in [-0.1, -0.05) is 26.8 Å². The van der Waals surface area contributed by atoms with Crippen LogP contribution in [0.1, 0.15) is 79.9 Å². The Labute approximate surface area is 241 Å². The zero-order valence-electron chi connectivity index (χ0n) is 25.4. The van der Waals surface area contributed by atoms with Crippen molar-refractivity contribution in [3.05, 3.63) is 53.1 Å². The van der Waals surface area contributed by atoms with Gasteiger partial charge in [0.15, 0.2) is 5.82 Å². The molecule has 1 N–H and O–H groups in total. The van der Waals surface area contributed by atoms with Gasteiger partial charge < -0.3 is 19.7 Å². The maximum absolute atomic E-state index is 16.7. The van der Waals surface area contributed by atoms with Crippen molar-refractivity contribution in [3.63, 3.8) is 0 Å². The van der Waals surface area contributed by atoms with Gasteiger partial charge in [-0.05, 0) is 88.8 Å². The van der Waals surface area contributed by atoms with Crippen molar-refractivity contribution < 1.29 is 32.6 Å². The summed E-state index contributed by atoms with van der Waals surface area (Å²) in [7, 11) is 0. The maximum Gasteiger partial charge on any atom is 0.424 e. The number of hydrogen-bond donors (Lipinski definition) is 1. The van der Waals surface area contributed by atoms with Gasteiger partial charge in [0.25, 0.3) is 0 Å². The van der Waals surface area contributed by atoms with Crippen molar-refractivity contribution in [2.24, 2.45) is 5.41 Å². The largest absolute Gasteiger partial charge is 0.443 e. The highest BCUT2D eigenvalue weighted by molar-refractivity contribution is 6.13. The summed E-state index contributed by atoms with van der Waals surface area (Å²) >= 11 is 0. The molecule has 0 spiro atoms. The number of halogens is 2. The minimum atomic E-state index is -1.16. The van der Waals surface area contributed by atoms with Crippen molar-refractivity contribution in [2.75, 3.05) is 21.7 Å². The zero-order chi connectivity index (χ0) is 30.9. The Hall–Kier alpha value is -3.69. The smallest absolute Gasteiger partial charge is 0.424 e. The minimum Gasteiger partial charge on any atom is -0.443 e. The average molecular weight is 574 g/mol. The van der Waals surface area contributed by atoms with Crippen molar-refractivity contribution in [3.8, 4) is 0 Å². The molecule has 1 heterocycles. The number of carbonyl (C=O) groups is 3. The first-order chi connectivity index (χ1) is 18.7. The lowest BCUT2D eigenvalue weighted by molar-refractivity contribution is -0.117. The number of fused-ring (bicyclic) bond motifs is 1. The summed E-state index contributed by atoms with van der Waals surface area (Å²) < 4.78 is 41.4. The van der Waals surface area contributed by atoms with E-state index in [1.54, 1.807) is 52.5 Å². The van der Waals surface area contributed by atoms with E-state index in [1.165, 1.54) is 24.3 Å². The molecule has 3 amide bonds. The summed E-state index contributed by atoms with van der Waals surface area (Å²) in [6.45, 7) is 16.0. The first-order valence-electron chi connectivity index (χ1n) is 13.6. The molecule has 0 aromatic heterocycles. The highest BCUT2D eigenvalue weighted by Gasteiger charge is 2.38. The van der Waals surface area contributed by atoms with E-state index in [9.17, 15) is 18.8 Å². The summed E-state index contributed by atoms with van der Waals surface area (Å²) in [6.07, 6.45) is -1.75. The fourth-order valence-electron chi connectivity index (χ4n) is 4.39. The van der Waals surface area contributed by atoms with E-state index in [2.05, 4.69) is 5.32 Å². The number of amides is 3. The van der Waals surface area contributed by atoms with Crippen LogP contribution in [0, 0.1) is 17.0 Å². The highest BCUT2D eigenvalue weighted by atomic mass is 19.1. The number of carbonyl (C=O) groups excluding carboxylic acids is 3. The number of ether oxygens (including phenoxy) is 2. The molecule has 0 aliphatic carbocycles. The molecular weight excluding hydrogens is 532 g/mol. The van der Waals surface area contributed by atoms with Gasteiger partial charge >= 0.3 is 12.2 Å². The van der Waals surface area contributed by atoms with Crippen LogP contribution in [0.3, 0.4) is 0 Å². The van der Waals surface area contributed by atoms with Gasteiger partial charge in [-0.2, -0.15) is 4.90 Å². The third kappa shape index (κ3) is 8.65. The normalized spacial score (nSPS) is 13.8. The van der Waals surface area contributed by atoms with Crippen molar-refractivity contribution in [1.82, 2.24) is 0 Å². The van der Waals surface area contributed by atoms with Crippen LogP contribution >= 0.6 is 0 Å². The van der Waals surface area contributed by atoms with Crippen LogP contribution in [0.25, 0.3) is 0 Å². The fourth-order valence-corrected chi connectivity index (χ4v) is 4.39. The number of nitrogens with one attached hydrogen (secondary N) is 1. The molecule has 3 rings (SSSR count). The Bertz CT molecular complexity index is 1290. The average Bonchev–Trinajstić information content (AvgIpc) is 2.77. The zero-order valence-corrected chi connectivity index (χ0v) is 25.4. The Morgan fingerprint density at radius 2 is 1.46 bits per heavy atom. The quantitative estimate of drug-likeness (QED) is 0.406. The van der Waals surface area contributed by atoms with E-state index in [-0.39, 0.29) is 35.6 Å². The molecule has 0 bridgehead atoms. The molecule has 0 atom stereocenters. The third-order valence-electron chi connectivity index (χ3n) is 5.96. The van der Waals surface area contributed by atoms with Gasteiger partial charge in [-0.25, -0.2) is 18.4 Å². The first kappa shape index (κ1) is 31.8. The van der Waals surface area contributed by atoms with Gasteiger partial charge in [-0.3, -0.25) is 4.79 Å². The van der Waals surface area contributed by atoms with Crippen molar-refractivity contribution >= 4 is 35.2 Å². The molecule has 41 heavy (non-hydrogen) atoms.